The Hall–Kier alpha value is 0.240. The van der Waals surface area contributed by atoms with Crippen LogP contribution in [0.1, 0.15) is 13.8 Å². The van der Waals surface area contributed by atoms with Crippen molar-refractivity contribution in [3.63, 3.8) is 0 Å². The Morgan fingerprint density at radius 2 is 1.25 bits per heavy atom. The van der Waals surface area contributed by atoms with E-state index in [1.165, 1.54) is 13.8 Å². The lowest BCUT2D eigenvalue weighted by atomic mass is 10.7. The monoisotopic (exact) mass is 254 g/mol. The van der Waals surface area contributed by atoms with Crippen molar-refractivity contribution in [3.05, 3.63) is 0 Å². The summed E-state index contributed by atoms with van der Waals surface area (Å²) in [5.41, 5.74) is 0. The molecule has 0 rings (SSSR count). The maximum Gasteiger partial charge on any atom is 0.339 e. The highest BCUT2D eigenvalue weighted by molar-refractivity contribution is 8.24. The number of ether oxygens (including phenoxy) is 1. The summed E-state index contributed by atoms with van der Waals surface area (Å²) in [6.45, 7) is 2.36. The highest BCUT2D eigenvalue weighted by Crippen LogP contribution is 2.61. The van der Waals surface area contributed by atoms with E-state index in [4.69, 9.17) is 0 Å². The van der Waals surface area contributed by atoms with Gasteiger partial charge in [-0.05, 0) is 33.7 Å². The number of esters is 2. The molecule has 4 nitrogen and oxygen atoms in total. The summed E-state index contributed by atoms with van der Waals surface area (Å²) in [7, 11) is 0. The molecule has 0 aromatic carbocycles. The van der Waals surface area contributed by atoms with Crippen LogP contribution in [0, 0.1) is 0 Å². The Morgan fingerprint density at radius 1 is 1.08 bits per heavy atom. The van der Waals surface area contributed by atoms with Gasteiger partial charge in [-0.15, -0.1) is 0 Å². The molecule has 0 bridgehead atoms. The molecule has 0 saturated carbocycles. The first-order valence-electron chi connectivity index (χ1n) is 2.51. The Labute approximate surface area is 83.9 Å². The topological polar surface area (TPSA) is 60.4 Å². The largest absolute Gasteiger partial charge is 0.394 e. The second-order valence-corrected chi connectivity index (χ2v) is 8.12. The number of halogens is 3. The molecule has 0 amide bonds. The molecular weight excluding hydrogens is 249 g/mol. The van der Waals surface area contributed by atoms with Crippen molar-refractivity contribution in [2.75, 3.05) is 0 Å². The van der Waals surface area contributed by atoms with E-state index in [1.807, 2.05) is 0 Å². The zero-order valence-corrected chi connectivity index (χ0v) is 9.38. The average molecular weight is 255 g/mol. The third kappa shape index (κ3) is 48.6. The predicted octanol–water partition coefficient (Wildman–Crippen LogP) is 2.91. The minimum absolute atomic E-state index is 0.562. The highest BCUT2D eigenvalue weighted by Gasteiger charge is 2.02. The fourth-order valence-corrected chi connectivity index (χ4v) is 0.202. The first-order chi connectivity index (χ1) is 5.13. The molecule has 0 N–H and O–H groups in total. The maximum absolute atomic E-state index is 9.81. The lowest BCUT2D eigenvalue weighted by Crippen LogP contribution is -2.03. The normalized spacial score (nSPS) is 9.42. The molecule has 0 atom stereocenters. The van der Waals surface area contributed by atoms with Gasteiger partial charge >= 0.3 is 17.1 Å². The van der Waals surface area contributed by atoms with Crippen molar-refractivity contribution in [1.29, 1.82) is 0 Å². The van der Waals surface area contributed by atoms with Crippen molar-refractivity contribution in [3.8, 4) is 0 Å². The van der Waals surface area contributed by atoms with Crippen molar-refractivity contribution in [1.82, 2.24) is 0 Å². The van der Waals surface area contributed by atoms with E-state index in [0.717, 1.165) is 0 Å². The van der Waals surface area contributed by atoms with Gasteiger partial charge < -0.3 is 4.74 Å². The number of carbonyl (C=O) groups is 2. The molecule has 72 valence electrons. The standard InChI is InChI=1S/C4H6O3.Cl3OP/c1-3(5)7-4(2)6;1-5(2,3)4/h1-2H3;. The van der Waals surface area contributed by atoms with E-state index in [1.54, 1.807) is 0 Å². The molecule has 0 radical (unpaired) electrons. The van der Waals surface area contributed by atoms with Gasteiger partial charge in [-0.25, -0.2) is 0 Å². The van der Waals surface area contributed by atoms with Gasteiger partial charge in [0.15, 0.2) is 0 Å². The summed E-state index contributed by atoms with van der Waals surface area (Å²) >= 11 is 13.8. The molecule has 0 aliphatic rings. The zero-order chi connectivity index (χ0) is 10.4. The van der Waals surface area contributed by atoms with Crippen molar-refractivity contribution >= 4 is 50.9 Å². The Bertz CT molecular complexity index is 190. The fraction of sp³-hybridized carbons (Fsp3) is 0.500. The SMILES string of the molecule is CC(=O)OC(C)=O.O=P(Cl)(Cl)Cl. The summed E-state index contributed by atoms with van der Waals surface area (Å²) in [5.74, 6) is -1.12. The van der Waals surface area contributed by atoms with Gasteiger partial charge in [-0.1, -0.05) is 0 Å². The molecule has 12 heavy (non-hydrogen) atoms. The van der Waals surface area contributed by atoms with Crippen LogP contribution in [-0.4, -0.2) is 11.9 Å². The summed E-state index contributed by atoms with van der Waals surface area (Å²) in [5, 5.41) is -3.22. The molecule has 0 unspecified atom stereocenters. The molecule has 0 spiro atoms. The zero-order valence-electron chi connectivity index (χ0n) is 6.21. The van der Waals surface area contributed by atoms with Gasteiger partial charge in [-0.3, -0.25) is 14.2 Å². The van der Waals surface area contributed by atoms with Crippen LogP contribution in [0.2, 0.25) is 0 Å². The van der Waals surface area contributed by atoms with E-state index in [2.05, 4.69) is 38.5 Å². The van der Waals surface area contributed by atoms with E-state index < -0.39 is 17.1 Å². The summed E-state index contributed by atoms with van der Waals surface area (Å²) in [4.78, 5) is 19.6. The van der Waals surface area contributed by atoms with Crippen LogP contribution in [0.5, 0.6) is 0 Å². The molecule has 0 saturated heterocycles. The smallest absolute Gasteiger partial charge is 0.339 e. The van der Waals surface area contributed by atoms with Crippen LogP contribution in [0.15, 0.2) is 0 Å². The second kappa shape index (κ2) is 6.72. The lowest BCUT2D eigenvalue weighted by molar-refractivity contribution is -0.156. The van der Waals surface area contributed by atoms with Gasteiger partial charge in [0.25, 0.3) is 0 Å². The van der Waals surface area contributed by atoms with Crippen molar-refractivity contribution in [2.45, 2.75) is 13.8 Å². The number of carbonyl (C=O) groups excluding carboxylic acids is 2. The van der Waals surface area contributed by atoms with Gasteiger partial charge in [0, 0.05) is 13.8 Å². The molecule has 0 aliphatic heterocycles. The van der Waals surface area contributed by atoms with Gasteiger partial charge in [0.05, 0.1) is 0 Å². The lowest BCUT2D eigenvalue weighted by Gasteiger charge is -1.87. The molecule has 0 aliphatic carbocycles. The van der Waals surface area contributed by atoms with Crippen LogP contribution < -0.4 is 0 Å². The van der Waals surface area contributed by atoms with Crippen LogP contribution in [0.3, 0.4) is 0 Å². The molecule has 8 heteroatoms. The van der Waals surface area contributed by atoms with E-state index >= 15 is 0 Å². The minimum Gasteiger partial charge on any atom is -0.394 e. The summed E-state index contributed by atoms with van der Waals surface area (Å²) < 4.78 is 13.5. The third-order valence-electron chi connectivity index (χ3n) is 0.287. The fourth-order valence-electron chi connectivity index (χ4n) is 0.202. The summed E-state index contributed by atoms with van der Waals surface area (Å²) in [6, 6.07) is 0. The van der Waals surface area contributed by atoms with Crippen LogP contribution in [0.4, 0.5) is 0 Å². The quantitative estimate of drug-likeness (QED) is 0.379. The predicted molar refractivity (Wildman–Crippen MR) is 47.6 cm³/mol. The Morgan fingerprint density at radius 3 is 1.25 bits per heavy atom. The summed E-state index contributed by atoms with van der Waals surface area (Å²) in [6.07, 6.45) is 0. The number of hydrogen-bond donors (Lipinski definition) is 0. The number of rotatable bonds is 0. The molecule has 0 fully saturated rings. The molecule has 0 aromatic rings. The number of hydrogen-bond acceptors (Lipinski definition) is 4. The average Bonchev–Trinajstić information content (AvgIpc) is 1.52. The Kier molecular flexibility index (Phi) is 8.26. The highest BCUT2D eigenvalue weighted by atomic mass is 36.0. The van der Waals surface area contributed by atoms with Crippen LogP contribution in [0.25, 0.3) is 0 Å². The van der Waals surface area contributed by atoms with Crippen LogP contribution in [-0.2, 0) is 18.9 Å². The maximum atomic E-state index is 9.81. The minimum atomic E-state index is -3.22. The van der Waals surface area contributed by atoms with Gasteiger partial charge in [0.1, 0.15) is 0 Å². The van der Waals surface area contributed by atoms with Crippen LogP contribution >= 0.6 is 38.9 Å². The van der Waals surface area contributed by atoms with Gasteiger partial charge in [-0.2, -0.15) is 0 Å². The van der Waals surface area contributed by atoms with Crippen molar-refractivity contribution < 1.29 is 18.9 Å². The molecular formula is C4H6Cl3O4P. The molecule has 0 heterocycles. The first kappa shape index (κ1) is 14.7. The van der Waals surface area contributed by atoms with Gasteiger partial charge in [0.2, 0.25) is 0 Å². The first-order valence-corrected chi connectivity index (χ1v) is 6.93. The molecule has 0 aromatic heterocycles. The van der Waals surface area contributed by atoms with E-state index in [0.29, 0.717) is 0 Å². The Balaban J connectivity index is 0. The van der Waals surface area contributed by atoms with E-state index in [-0.39, 0.29) is 0 Å². The van der Waals surface area contributed by atoms with E-state index in [9.17, 15) is 14.2 Å². The third-order valence-corrected chi connectivity index (χ3v) is 0.287. The van der Waals surface area contributed by atoms with Crippen molar-refractivity contribution in [2.24, 2.45) is 0 Å². The second-order valence-electron chi connectivity index (χ2n) is 1.48.